The minimum atomic E-state index is -0.539. The maximum Gasteiger partial charge on any atom is 0.210 e. The van der Waals surface area contributed by atoms with Crippen LogP contribution in [0.1, 0.15) is 18.4 Å². The molecule has 1 aromatic carbocycles. The van der Waals surface area contributed by atoms with Gasteiger partial charge >= 0.3 is 0 Å². The fourth-order valence-electron chi connectivity index (χ4n) is 1.36. The molecule has 1 fully saturated rings. The summed E-state index contributed by atoms with van der Waals surface area (Å²) >= 11 is 0. The van der Waals surface area contributed by atoms with Crippen LogP contribution in [-0.4, -0.2) is 12.0 Å². The Labute approximate surface area is 97.9 Å². The van der Waals surface area contributed by atoms with E-state index in [2.05, 4.69) is 15.7 Å². The van der Waals surface area contributed by atoms with E-state index in [1.165, 1.54) is 6.92 Å². The maximum atomic E-state index is 13.5. The average molecular weight is 240 g/mol. The molecule has 0 radical (unpaired) electrons. The van der Waals surface area contributed by atoms with Gasteiger partial charge in [-0.3, -0.25) is 5.43 Å². The molecule has 1 saturated carbocycles. The first kappa shape index (κ1) is 11.8. The standard InChI is InChI=1S/C11H14F2N4/c1-6-4-9(13)10(5-8(6)12)16-11(17-14)15-7-2-3-7/h4-5,7H,2-3,14H2,1H3,(H2,15,16,17). The molecule has 1 aliphatic rings. The lowest BCUT2D eigenvalue weighted by atomic mass is 10.2. The Bertz CT molecular complexity index is 455. The zero-order chi connectivity index (χ0) is 12.4. The van der Waals surface area contributed by atoms with E-state index >= 15 is 0 Å². The SMILES string of the molecule is Cc1cc(F)c(NC(=NC2CC2)NN)cc1F. The van der Waals surface area contributed by atoms with Crippen LogP contribution in [0.5, 0.6) is 0 Å². The summed E-state index contributed by atoms with van der Waals surface area (Å²) in [5.41, 5.74) is 2.61. The van der Waals surface area contributed by atoms with E-state index < -0.39 is 11.6 Å². The Morgan fingerprint density at radius 2 is 2.06 bits per heavy atom. The van der Waals surface area contributed by atoms with Crippen LogP contribution in [0.4, 0.5) is 14.5 Å². The van der Waals surface area contributed by atoms with Crippen LogP contribution >= 0.6 is 0 Å². The number of guanidine groups is 1. The molecule has 1 aromatic rings. The van der Waals surface area contributed by atoms with E-state index in [0.29, 0.717) is 0 Å². The summed E-state index contributed by atoms with van der Waals surface area (Å²) in [6, 6.07) is 2.44. The largest absolute Gasteiger partial charge is 0.323 e. The molecule has 1 aliphatic carbocycles. The third-order valence-electron chi connectivity index (χ3n) is 2.50. The van der Waals surface area contributed by atoms with Gasteiger partial charge in [0.05, 0.1) is 11.7 Å². The highest BCUT2D eigenvalue weighted by atomic mass is 19.1. The zero-order valence-corrected chi connectivity index (χ0v) is 9.43. The van der Waals surface area contributed by atoms with Crippen molar-refractivity contribution in [3.8, 4) is 0 Å². The van der Waals surface area contributed by atoms with Crippen LogP contribution < -0.4 is 16.6 Å². The number of nitrogens with two attached hydrogens (primary N) is 1. The van der Waals surface area contributed by atoms with Gasteiger partial charge in [-0.15, -0.1) is 0 Å². The van der Waals surface area contributed by atoms with Gasteiger partial charge in [0.15, 0.2) is 0 Å². The van der Waals surface area contributed by atoms with Gasteiger partial charge in [-0.25, -0.2) is 19.6 Å². The normalized spacial score (nSPS) is 15.9. The minimum Gasteiger partial charge on any atom is -0.323 e. The molecule has 0 atom stereocenters. The number of anilines is 1. The van der Waals surface area contributed by atoms with Crippen molar-refractivity contribution < 1.29 is 8.78 Å². The van der Waals surface area contributed by atoms with Crippen LogP contribution in [0.25, 0.3) is 0 Å². The van der Waals surface area contributed by atoms with Gasteiger partial charge in [-0.2, -0.15) is 0 Å². The average Bonchev–Trinajstić information content (AvgIpc) is 3.08. The summed E-state index contributed by atoms with van der Waals surface area (Å²) in [4.78, 5) is 4.18. The van der Waals surface area contributed by atoms with Crippen molar-refractivity contribution in [3.63, 3.8) is 0 Å². The third kappa shape index (κ3) is 2.91. The fourth-order valence-corrected chi connectivity index (χ4v) is 1.36. The first-order chi connectivity index (χ1) is 8.10. The van der Waals surface area contributed by atoms with E-state index in [-0.39, 0.29) is 23.3 Å². The van der Waals surface area contributed by atoms with Crippen molar-refractivity contribution in [1.82, 2.24) is 5.43 Å². The van der Waals surface area contributed by atoms with Gasteiger partial charge in [-0.05, 0) is 31.4 Å². The van der Waals surface area contributed by atoms with Crippen LogP contribution in [-0.2, 0) is 0 Å². The van der Waals surface area contributed by atoms with Crippen LogP contribution in [0, 0.1) is 18.6 Å². The van der Waals surface area contributed by atoms with Crippen molar-refractivity contribution in [2.75, 3.05) is 5.32 Å². The summed E-state index contributed by atoms with van der Waals surface area (Å²) < 4.78 is 26.8. The number of aryl methyl sites for hydroxylation is 1. The first-order valence-electron chi connectivity index (χ1n) is 5.37. The van der Waals surface area contributed by atoms with E-state index in [0.717, 1.165) is 25.0 Å². The van der Waals surface area contributed by atoms with Crippen molar-refractivity contribution in [2.45, 2.75) is 25.8 Å². The second-order valence-corrected chi connectivity index (χ2v) is 4.06. The topological polar surface area (TPSA) is 62.4 Å². The van der Waals surface area contributed by atoms with E-state index in [4.69, 9.17) is 5.84 Å². The molecular formula is C11H14F2N4. The summed E-state index contributed by atoms with van der Waals surface area (Å²) in [5.74, 6) is 4.49. The number of halogens is 2. The zero-order valence-electron chi connectivity index (χ0n) is 9.43. The molecule has 4 nitrogen and oxygen atoms in total. The van der Waals surface area contributed by atoms with Crippen LogP contribution in [0.3, 0.4) is 0 Å². The molecule has 17 heavy (non-hydrogen) atoms. The maximum absolute atomic E-state index is 13.5. The smallest absolute Gasteiger partial charge is 0.210 e. The number of nitrogens with one attached hydrogen (secondary N) is 2. The summed E-state index contributed by atoms with van der Waals surface area (Å²) in [6.07, 6.45) is 2.00. The number of rotatable bonds is 2. The monoisotopic (exact) mass is 240 g/mol. The summed E-state index contributed by atoms with van der Waals surface area (Å²) in [7, 11) is 0. The third-order valence-corrected chi connectivity index (χ3v) is 2.50. The Hall–Kier alpha value is -1.69. The Morgan fingerprint density at radius 3 is 2.65 bits per heavy atom. The van der Waals surface area contributed by atoms with Gasteiger partial charge < -0.3 is 5.32 Å². The van der Waals surface area contributed by atoms with Gasteiger partial charge in [0.1, 0.15) is 11.6 Å². The Balaban J connectivity index is 2.19. The Kier molecular flexibility index (Phi) is 3.23. The van der Waals surface area contributed by atoms with Crippen molar-refractivity contribution in [2.24, 2.45) is 10.8 Å². The number of benzene rings is 1. The highest BCUT2D eigenvalue weighted by Gasteiger charge is 2.21. The molecule has 0 aromatic heterocycles. The van der Waals surface area contributed by atoms with E-state index in [1.807, 2.05) is 0 Å². The fraction of sp³-hybridized carbons (Fsp3) is 0.364. The molecule has 0 bridgehead atoms. The number of hydrazine groups is 1. The minimum absolute atomic E-state index is 0.0189. The van der Waals surface area contributed by atoms with Crippen molar-refractivity contribution >= 4 is 11.6 Å². The lowest BCUT2D eigenvalue weighted by Gasteiger charge is -2.10. The number of nitrogens with zero attached hydrogens (tertiary/aromatic N) is 1. The summed E-state index contributed by atoms with van der Waals surface area (Å²) in [6.45, 7) is 1.50. The molecule has 0 aliphatic heterocycles. The van der Waals surface area contributed by atoms with Gasteiger partial charge in [0.25, 0.3) is 0 Å². The van der Waals surface area contributed by atoms with Gasteiger partial charge in [0, 0.05) is 6.07 Å². The molecule has 4 N–H and O–H groups in total. The molecule has 0 amide bonds. The lowest BCUT2D eigenvalue weighted by Crippen LogP contribution is -2.36. The number of aliphatic imine (C=N–C) groups is 1. The highest BCUT2D eigenvalue weighted by Crippen LogP contribution is 2.24. The van der Waals surface area contributed by atoms with E-state index in [1.54, 1.807) is 0 Å². The molecule has 0 unspecified atom stereocenters. The predicted octanol–water partition coefficient (Wildman–Crippen LogP) is 1.67. The molecule has 0 saturated heterocycles. The number of hydrogen-bond acceptors (Lipinski definition) is 2. The predicted molar refractivity (Wildman–Crippen MR) is 62.5 cm³/mol. The summed E-state index contributed by atoms with van der Waals surface area (Å²) in [5, 5.41) is 2.64. The molecule has 0 spiro atoms. The quantitative estimate of drug-likeness (QED) is 0.319. The second kappa shape index (κ2) is 4.67. The lowest BCUT2D eigenvalue weighted by molar-refractivity contribution is 0.595. The molecule has 6 heteroatoms. The van der Waals surface area contributed by atoms with E-state index in [9.17, 15) is 8.78 Å². The van der Waals surface area contributed by atoms with Crippen molar-refractivity contribution in [3.05, 3.63) is 29.3 Å². The molecule has 2 rings (SSSR count). The number of hydrogen-bond donors (Lipinski definition) is 3. The molecule has 92 valence electrons. The molecular weight excluding hydrogens is 226 g/mol. The second-order valence-electron chi connectivity index (χ2n) is 4.06. The molecule has 0 heterocycles. The van der Waals surface area contributed by atoms with Crippen molar-refractivity contribution in [1.29, 1.82) is 0 Å². The van der Waals surface area contributed by atoms with Gasteiger partial charge in [-0.1, -0.05) is 0 Å². The first-order valence-corrected chi connectivity index (χ1v) is 5.37. The van der Waals surface area contributed by atoms with Crippen LogP contribution in [0.2, 0.25) is 0 Å². The van der Waals surface area contributed by atoms with Crippen LogP contribution in [0.15, 0.2) is 17.1 Å². The Morgan fingerprint density at radius 1 is 1.35 bits per heavy atom. The van der Waals surface area contributed by atoms with Gasteiger partial charge in [0.2, 0.25) is 5.96 Å². The highest BCUT2D eigenvalue weighted by molar-refractivity contribution is 5.93.